The Hall–Kier alpha value is -1.30. The van der Waals surface area contributed by atoms with Gasteiger partial charge in [-0.1, -0.05) is 48.1 Å². The predicted molar refractivity (Wildman–Crippen MR) is 103 cm³/mol. The van der Waals surface area contributed by atoms with E-state index in [0.717, 1.165) is 17.8 Å². The van der Waals surface area contributed by atoms with Crippen molar-refractivity contribution in [3.63, 3.8) is 0 Å². The van der Waals surface area contributed by atoms with Gasteiger partial charge in [-0.05, 0) is 94.1 Å². The Morgan fingerprint density at radius 2 is 1.74 bits per heavy atom. The maximum atomic E-state index is 2.55. The highest BCUT2D eigenvalue weighted by atomic mass is 14.3. The summed E-state index contributed by atoms with van der Waals surface area (Å²) < 4.78 is 0. The molecule has 0 heteroatoms. The van der Waals surface area contributed by atoms with Crippen LogP contribution in [-0.4, -0.2) is 0 Å². The SMILES string of the molecule is C/C=C/CC1CCC(C2CC=C(c3ccc(C)cc3)CC2)CC1.[HH]. The number of hydrogen-bond acceptors (Lipinski definition) is 0. The summed E-state index contributed by atoms with van der Waals surface area (Å²) in [7, 11) is 0. The van der Waals surface area contributed by atoms with Crippen LogP contribution < -0.4 is 0 Å². The van der Waals surface area contributed by atoms with E-state index in [-0.39, 0.29) is 1.43 Å². The van der Waals surface area contributed by atoms with Crippen LogP contribution in [0.4, 0.5) is 0 Å². The Kier molecular flexibility index (Phi) is 5.75. The summed E-state index contributed by atoms with van der Waals surface area (Å²) in [5.74, 6) is 2.91. The predicted octanol–water partition coefficient (Wildman–Crippen LogP) is 7.20. The molecule has 0 aliphatic heterocycles. The van der Waals surface area contributed by atoms with Crippen LogP contribution in [0.2, 0.25) is 0 Å². The van der Waals surface area contributed by atoms with E-state index in [0.29, 0.717) is 0 Å². The molecule has 126 valence electrons. The molecular formula is C23H34. The fraction of sp³-hybridized carbons (Fsp3) is 0.565. The minimum atomic E-state index is 0. The molecule has 3 rings (SSSR count). The third-order valence-corrected chi connectivity index (χ3v) is 6.14. The first-order valence-corrected chi connectivity index (χ1v) is 9.63. The number of hydrogen-bond donors (Lipinski definition) is 0. The molecular weight excluding hydrogens is 276 g/mol. The number of aryl methyl sites for hydroxylation is 1. The van der Waals surface area contributed by atoms with E-state index in [9.17, 15) is 0 Å². The van der Waals surface area contributed by atoms with Gasteiger partial charge in [0.25, 0.3) is 0 Å². The van der Waals surface area contributed by atoms with E-state index < -0.39 is 0 Å². The molecule has 1 aromatic rings. The molecule has 0 nitrogen and oxygen atoms in total. The van der Waals surface area contributed by atoms with Gasteiger partial charge in [0.15, 0.2) is 0 Å². The third-order valence-electron chi connectivity index (χ3n) is 6.14. The van der Waals surface area contributed by atoms with Crippen LogP contribution >= 0.6 is 0 Å². The van der Waals surface area contributed by atoms with Crippen molar-refractivity contribution in [1.29, 1.82) is 0 Å². The number of rotatable bonds is 4. The van der Waals surface area contributed by atoms with Crippen LogP contribution in [0.5, 0.6) is 0 Å². The van der Waals surface area contributed by atoms with Crippen LogP contribution in [0.1, 0.15) is 70.8 Å². The molecule has 2 aliphatic rings. The topological polar surface area (TPSA) is 0 Å². The Bertz CT molecular complexity index is 544. The summed E-state index contributed by atoms with van der Waals surface area (Å²) in [6.07, 6.45) is 18.3. The molecule has 0 saturated heterocycles. The average molecular weight is 311 g/mol. The van der Waals surface area contributed by atoms with Gasteiger partial charge in [-0.3, -0.25) is 0 Å². The Morgan fingerprint density at radius 1 is 1.00 bits per heavy atom. The van der Waals surface area contributed by atoms with Crippen molar-refractivity contribution in [2.24, 2.45) is 17.8 Å². The van der Waals surface area contributed by atoms with E-state index in [4.69, 9.17) is 0 Å². The van der Waals surface area contributed by atoms with Gasteiger partial charge in [-0.2, -0.15) is 0 Å². The molecule has 0 N–H and O–H groups in total. The Morgan fingerprint density at radius 3 is 2.35 bits per heavy atom. The lowest BCUT2D eigenvalue weighted by atomic mass is 9.70. The molecule has 1 atom stereocenters. The molecule has 0 spiro atoms. The van der Waals surface area contributed by atoms with Crippen molar-refractivity contribution >= 4 is 5.57 Å². The summed E-state index contributed by atoms with van der Waals surface area (Å²) in [6, 6.07) is 9.09. The molecule has 23 heavy (non-hydrogen) atoms. The second-order valence-electron chi connectivity index (χ2n) is 7.72. The van der Waals surface area contributed by atoms with Gasteiger partial charge in [0, 0.05) is 1.43 Å². The van der Waals surface area contributed by atoms with Crippen molar-refractivity contribution in [1.82, 2.24) is 0 Å². The molecule has 2 aliphatic carbocycles. The highest BCUT2D eigenvalue weighted by molar-refractivity contribution is 5.66. The lowest BCUT2D eigenvalue weighted by Crippen LogP contribution is -2.23. The van der Waals surface area contributed by atoms with E-state index >= 15 is 0 Å². The van der Waals surface area contributed by atoms with Crippen molar-refractivity contribution in [3.05, 3.63) is 53.6 Å². The fourth-order valence-corrected chi connectivity index (χ4v) is 4.54. The molecule has 0 radical (unpaired) electrons. The quantitative estimate of drug-likeness (QED) is 0.516. The van der Waals surface area contributed by atoms with Gasteiger partial charge >= 0.3 is 0 Å². The molecule has 0 heterocycles. The molecule has 0 bridgehead atoms. The van der Waals surface area contributed by atoms with Gasteiger partial charge in [0.05, 0.1) is 0 Å². The standard InChI is InChI=1S/C23H32.H2/c1-3-4-5-19-8-12-21(13-9-19)23-16-14-22(15-17-23)20-10-6-18(2)7-11-20;/h3-4,6-7,10-11,14,19,21,23H,5,8-9,12-13,15-17H2,1-2H3;1H/b4-3+;. The summed E-state index contributed by atoms with van der Waals surface area (Å²) in [4.78, 5) is 0. The summed E-state index contributed by atoms with van der Waals surface area (Å²) in [5.41, 5.74) is 4.39. The van der Waals surface area contributed by atoms with Gasteiger partial charge in [-0.25, -0.2) is 0 Å². The normalized spacial score (nSPS) is 28.8. The van der Waals surface area contributed by atoms with Crippen molar-refractivity contribution in [3.8, 4) is 0 Å². The van der Waals surface area contributed by atoms with E-state index in [2.05, 4.69) is 56.3 Å². The van der Waals surface area contributed by atoms with E-state index in [1.807, 2.05) is 0 Å². The lowest BCUT2D eigenvalue weighted by Gasteiger charge is -2.35. The minimum Gasteiger partial charge on any atom is -0.0917 e. The summed E-state index contributed by atoms with van der Waals surface area (Å²) in [6.45, 7) is 4.31. The van der Waals surface area contributed by atoms with E-state index in [1.54, 1.807) is 5.57 Å². The van der Waals surface area contributed by atoms with Crippen LogP contribution in [0.25, 0.3) is 5.57 Å². The minimum absolute atomic E-state index is 0. The highest BCUT2D eigenvalue weighted by Crippen LogP contribution is 2.41. The van der Waals surface area contributed by atoms with Crippen LogP contribution in [0.15, 0.2) is 42.5 Å². The molecule has 0 aromatic heterocycles. The van der Waals surface area contributed by atoms with Gasteiger partial charge < -0.3 is 0 Å². The summed E-state index contributed by atoms with van der Waals surface area (Å²) >= 11 is 0. The monoisotopic (exact) mass is 310 g/mol. The maximum absolute atomic E-state index is 2.55. The molecule has 1 saturated carbocycles. The van der Waals surface area contributed by atoms with Crippen LogP contribution in [-0.2, 0) is 0 Å². The summed E-state index contributed by atoms with van der Waals surface area (Å²) in [5, 5.41) is 0. The van der Waals surface area contributed by atoms with Crippen molar-refractivity contribution in [2.45, 2.75) is 65.2 Å². The highest BCUT2D eigenvalue weighted by Gasteiger charge is 2.28. The molecule has 1 unspecified atom stereocenters. The maximum Gasteiger partial charge on any atom is 0 e. The number of allylic oxidation sites excluding steroid dienone is 4. The molecule has 1 aromatic carbocycles. The van der Waals surface area contributed by atoms with Crippen LogP contribution in [0.3, 0.4) is 0 Å². The van der Waals surface area contributed by atoms with Crippen molar-refractivity contribution < 1.29 is 1.43 Å². The van der Waals surface area contributed by atoms with Crippen molar-refractivity contribution in [2.75, 3.05) is 0 Å². The zero-order valence-electron chi connectivity index (χ0n) is 14.9. The largest absolute Gasteiger partial charge is 0.0917 e. The van der Waals surface area contributed by atoms with Gasteiger partial charge in [-0.15, -0.1) is 0 Å². The van der Waals surface area contributed by atoms with Gasteiger partial charge in [0.2, 0.25) is 0 Å². The lowest BCUT2D eigenvalue weighted by molar-refractivity contribution is 0.195. The number of benzene rings is 1. The first-order valence-electron chi connectivity index (χ1n) is 9.63. The first kappa shape index (κ1) is 16.6. The second-order valence-corrected chi connectivity index (χ2v) is 7.72. The first-order chi connectivity index (χ1) is 11.3. The molecule has 0 amide bonds. The second kappa shape index (κ2) is 7.99. The van der Waals surface area contributed by atoms with Crippen LogP contribution in [0, 0.1) is 24.7 Å². The fourth-order valence-electron chi connectivity index (χ4n) is 4.54. The smallest absolute Gasteiger partial charge is 0 e. The third kappa shape index (κ3) is 4.37. The Labute approximate surface area is 144 Å². The zero-order chi connectivity index (χ0) is 16.1. The zero-order valence-corrected chi connectivity index (χ0v) is 14.9. The Balaban J connectivity index is 0.00000208. The average Bonchev–Trinajstić information content (AvgIpc) is 2.61. The molecule has 1 fully saturated rings. The van der Waals surface area contributed by atoms with Gasteiger partial charge in [0.1, 0.15) is 0 Å². The van der Waals surface area contributed by atoms with E-state index in [1.165, 1.54) is 62.5 Å².